The molecule has 1 aliphatic heterocycles. The molecule has 2 aromatic carbocycles. The van der Waals surface area contributed by atoms with Gasteiger partial charge in [0, 0.05) is 31.7 Å². The van der Waals surface area contributed by atoms with E-state index in [9.17, 15) is 9.59 Å². The minimum Gasteiger partial charge on any atom is -0.457 e. The molecule has 5 heteroatoms. The number of hydrogen-bond donors (Lipinski definition) is 0. The average molecular weight is 341 g/mol. The molecule has 0 spiro atoms. The van der Waals surface area contributed by atoms with E-state index in [1.165, 1.54) is 11.8 Å². The van der Waals surface area contributed by atoms with Crippen LogP contribution in [0.25, 0.3) is 0 Å². The maximum atomic E-state index is 12.1. The molecule has 0 saturated carbocycles. The predicted molar refractivity (Wildman–Crippen MR) is 95.1 cm³/mol. The van der Waals surface area contributed by atoms with Crippen LogP contribution >= 0.6 is 11.8 Å². The zero-order valence-electron chi connectivity index (χ0n) is 13.5. The second-order valence-corrected chi connectivity index (χ2v) is 7.25. The summed E-state index contributed by atoms with van der Waals surface area (Å²) < 4.78 is 5.83. The second kappa shape index (κ2) is 7.53. The minimum atomic E-state index is 0.0629. The third-order valence-corrected chi connectivity index (χ3v) is 4.74. The molecule has 0 aliphatic carbocycles. The molecular formula is C19H19NO3S. The molecule has 3 rings (SSSR count). The Labute approximate surface area is 145 Å². The summed E-state index contributed by atoms with van der Waals surface area (Å²) in [6.45, 7) is 2.70. The van der Waals surface area contributed by atoms with Crippen molar-refractivity contribution < 1.29 is 14.3 Å². The maximum absolute atomic E-state index is 12.1. The van der Waals surface area contributed by atoms with Crippen LogP contribution in [0.1, 0.15) is 18.9 Å². The van der Waals surface area contributed by atoms with Gasteiger partial charge < -0.3 is 9.64 Å². The van der Waals surface area contributed by atoms with Gasteiger partial charge in [0.05, 0.1) is 0 Å². The molecule has 1 aliphatic rings. The van der Waals surface area contributed by atoms with Crippen LogP contribution in [0.2, 0.25) is 0 Å². The number of likely N-dealkylation sites (tertiary alicyclic amines) is 1. The Morgan fingerprint density at radius 2 is 1.92 bits per heavy atom. The fourth-order valence-corrected chi connectivity index (χ4v) is 3.70. The van der Waals surface area contributed by atoms with Gasteiger partial charge in [-0.05, 0) is 29.8 Å². The first-order chi connectivity index (χ1) is 11.6. The maximum Gasteiger partial charge on any atom is 0.224 e. The molecule has 0 bridgehead atoms. The van der Waals surface area contributed by atoms with Crippen molar-refractivity contribution in [2.75, 3.05) is 6.54 Å². The van der Waals surface area contributed by atoms with Crippen molar-refractivity contribution in [3.8, 4) is 11.5 Å². The van der Waals surface area contributed by atoms with Crippen LogP contribution in [-0.4, -0.2) is 27.7 Å². The first-order valence-corrected chi connectivity index (χ1v) is 8.75. The standard InChI is InChI=1S/C19H19NO3S/c1-14(21)24-18-11-19(22)20(13-18)12-15-6-5-9-17(10-15)23-16-7-3-2-4-8-16/h2-10,18H,11-13H2,1H3. The van der Waals surface area contributed by atoms with Crippen molar-refractivity contribution in [3.05, 3.63) is 60.2 Å². The van der Waals surface area contributed by atoms with E-state index in [0.29, 0.717) is 19.5 Å². The smallest absolute Gasteiger partial charge is 0.224 e. The van der Waals surface area contributed by atoms with Gasteiger partial charge in [0.15, 0.2) is 5.12 Å². The molecular weight excluding hydrogens is 322 g/mol. The van der Waals surface area contributed by atoms with E-state index >= 15 is 0 Å². The van der Waals surface area contributed by atoms with Gasteiger partial charge in [-0.2, -0.15) is 0 Å². The number of amides is 1. The fourth-order valence-electron chi connectivity index (χ4n) is 2.75. The Balaban J connectivity index is 1.64. The Morgan fingerprint density at radius 1 is 1.17 bits per heavy atom. The van der Waals surface area contributed by atoms with E-state index < -0.39 is 0 Å². The Hall–Kier alpha value is -2.27. The lowest BCUT2D eigenvalue weighted by Gasteiger charge is -2.17. The fraction of sp³-hybridized carbons (Fsp3) is 0.263. The van der Waals surface area contributed by atoms with E-state index in [0.717, 1.165) is 17.1 Å². The van der Waals surface area contributed by atoms with Crippen LogP contribution in [0.4, 0.5) is 0 Å². The summed E-state index contributed by atoms with van der Waals surface area (Å²) >= 11 is 1.26. The van der Waals surface area contributed by atoms with Crippen molar-refractivity contribution in [3.63, 3.8) is 0 Å². The number of nitrogens with zero attached hydrogens (tertiary/aromatic N) is 1. The third kappa shape index (κ3) is 4.38. The monoisotopic (exact) mass is 341 g/mol. The topological polar surface area (TPSA) is 46.6 Å². The van der Waals surface area contributed by atoms with Crippen molar-refractivity contribution in [1.29, 1.82) is 0 Å². The van der Waals surface area contributed by atoms with Crippen LogP contribution in [0, 0.1) is 0 Å². The van der Waals surface area contributed by atoms with Crippen molar-refractivity contribution >= 4 is 22.8 Å². The van der Waals surface area contributed by atoms with E-state index in [2.05, 4.69) is 0 Å². The summed E-state index contributed by atoms with van der Waals surface area (Å²) in [5.41, 5.74) is 1.02. The summed E-state index contributed by atoms with van der Waals surface area (Å²) in [7, 11) is 0. The van der Waals surface area contributed by atoms with Gasteiger partial charge in [0.2, 0.25) is 5.91 Å². The number of thioether (sulfide) groups is 1. The van der Waals surface area contributed by atoms with Crippen molar-refractivity contribution in [2.45, 2.75) is 25.1 Å². The molecule has 124 valence electrons. The largest absolute Gasteiger partial charge is 0.457 e. The summed E-state index contributed by atoms with van der Waals surface area (Å²) in [6, 6.07) is 17.4. The second-order valence-electron chi connectivity index (χ2n) is 5.77. The molecule has 1 fully saturated rings. The van der Waals surface area contributed by atoms with Crippen LogP contribution in [0.3, 0.4) is 0 Å². The molecule has 1 heterocycles. The number of carbonyl (C=O) groups excluding carboxylic acids is 2. The summed E-state index contributed by atoms with van der Waals surface area (Å²) in [5.74, 6) is 1.63. The van der Waals surface area contributed by atoms with Crippen molar-refractivity contribution in [2.24, 2.45) is 0 Å². The highest BCUT2D eigenvalue weighted by molar-refractivity contribution is 8.14. The summed E-state index contributed by atoms with van der Waals surface area (Å²) in [5, 5.41) is 0.131. The highest BCUT2D eigenvalue weighted by Crippen LogP contribution is 2.27. The van der Waals surface area contributed by atoms with Gasteiger partial charge in [-0.25, -0.2) is 0 Å². The van der Waals surface area contributed by atoms with Crippen LogP contribution in [0.5, 0.6) is 11.5 Å². The van der Waals surface area contributed by atoms with Gasteiger partial charge >= 0.3 is 0 Å². The summed E-state index contributed by atoms with van der Waals surface area (Å²) in [4.78, 5) is 25.1. The number of rotatable bonds is 5. The average Bonchev–Trinajstić information content (AvgIpc) is 2.87. The molecule has 0 radical (unpaired) electrons. The Morgan fingerprint density at radius 3 is 2.67 bits per heavy atom. The third-order valence-electron chi connectivity index (χ3n) is 3.76. The minimum absolute atomic E-state index is 0.0629. The normalized spacial score (nSPS) is 17.1. The number of ether oxygens (including phenoxy) is 1. The highest BCUT2D eigenvalue weighted by atomic mass is 32.2. The zero-order chi connectivity index (χ0) is 16.9. The molecule has 1 unspecified atom stereocenters. The van der Waals surface area contributed by atoms with Crippen molar-refractivity contribution in [1.82, 2.24) is 4.90 Å². The van der Waals surface area contributed by atoms with E-state index in [1.54, 1.807) is 6.92 Å². The van der Waals surface area contributed by atoms with Gasteiger partial charge in [-0.3, -0.25) is 9.59 Å². The van der Waals surface area contributed by atoms with Crippen LogP contribution in [-0.2, 0) is 16.1 Å². The SMILES string of the molecule is CC(=O)SC1CC(=O)N(Cc2cccc(Oc3ccccc3)c2)C1. The molecule has 0 N–H and O–H groups in total. The van der Waals surface area contributed by atoms with Gasteiger partial charge in [0.1, 0.15) is 11.5 Å². The highest BCUT2D eigenvalue weighted by Gasteiger charge is 2.30. The number of para-hydroxylation sites is 1. The number of carbonyl (C=O) groups is 2. The molecule has 4 nitrogen and oxygen atoms in total. The molecule has 1 atom stereocenters. The molecule has 2 aromatic rings. The van der Waals surface area contributed by atoms with E-state index in [4.69, 9.17) is 4.74 Å². The lowest BCUT2D eigenvalue weighted by Crippen LogP contribution is -2.25. The Kier molecular flexibility index (Phi) is 5.20. The number of hydrogen-bond acceptors (Lipinski definition) is 4. The predicted octanol–water partition coefficient (Wildman–Crippen LogP) is 3.86. The molecule has 0 aromatic heterocycles. The van der Waals surface area contributed by atoms with Gasteiger partial charge in [-0.15, -0.1) is 0 Å². The zero-order valence-corrected chi connectivity index (χ0v) is 14.3. The van der Waals surface area contributed by atoms with Crippen LogP contribution < -0.4 is 4.74 Å². The van der Waals surface area contributed by atoms with E-state index in [1.807, 2.05) is 59.5 Å². The van der Waals surface area contributed by atoms with Gasteiger partial charge in [-0.1, -0.05) is 42.1 Å². The molecule has 24 heavy (non-hydrogen) atoms. The van der Waals surface area contributed by atoms with Crippen LogP contribution in [0.15, 0.2) is 54.6 Å². The quantitative estimate of drug-likeness (QED) is 0.828. The molecule has 1 saturated heterocycles. The molecule has 1 amide bonds. The number of benzene rings is 2. The van der Waals surface area contributed by atoms with Gasteiger partial charge in [0.25, 0.3) is 0 Å². The lowest BCUT2D eigenvalue weighted by atomic mass is 10.2. The van der Waals surface area contributed by atoms with E-state index in [-0.39, 0.29) is 16.3 Å². The first-order valence-electron chi connectivity index (χ1n) is 7.87. The lowest BCUT2D eigenvalue weighted by molar-refractivity contribution is -0.128. The summed E-state index contributed by atoms with van der Waals surface area (Å²) in [6.07, 6.45) is 0.435. The Bertz CT molecular complexity index is 732. The first kappa shape index (κ1) is 16.6.